The van der Waals surface area contributed by atoms with Gasteiger partial charge in [-0.1, -0.05) is 18.2 Å². The summed E-state index contributed by atoms with van der Waals surface area (Å²) < 4.78 is 27.8. The third-order valence-electron chi connectivity index (χ3n) is 3.45. The maximum Gasteiger partial charge on any atom is 0.283 e. The molecule has 0 saturated heterocycles. The van der Waals surface area contributed by atoms with Crippen LogP contribution < -0.4 is 10.0 Å². The van der Waals surface area contributed by atoms with Crippen molar-refractivity contribution in [2.45, 2.75) is 44.7 Å². The van der Waals surface area contributed by atoms with E-state index in [1.54, 1.807) is 45.9 Å². The number of nitrogens with one attached hydrogen (secondary N) is 2. The number of hydrogen-bond donors (Lipinski definition) is 2. The molecule has 1 aromatic heterocycles. The Balaban J connectivity index is 2.21. The average Bonchev–Trinajstić information content (AvgIpc) is 2.93. The molecule has 0 bridgehead atoms. The van der Waals surface area contributed by atoms with Crippen LogP contribution in [0.15, 0.2) is 35.2 Å². The molecule has 0 unspecified atom stereocenters. The lowest BCUT2D eigenvalue weighted by atomic mass is 10.1. The molecule has 0 atom stereocenters. The third-order valence-corrected chi connectivity index (χ3v) is 6.35. The predicted molar refractivity (Wildman–Crippen MR) is 103 cm³/mol. The molecule has 0 aliphatic rings. The summed E-state index contributed by atoms with van der Waals surface area (Å²) in [5, 5.41) is 13.5. The number of carbonyl (C=O) groups is 1. The van der Waals surface area contributed by atoms with E-state index in [-0.39, 0.29) is 22.0 Å². The molecule has 0 spiro atoms. The van der Waals surface area contributed by atoms with Crippen molar-refractivity contribution in [2.75, 3.05) is 0 Å². The first-order valence-corrected chi connectivity index (χ1v) is 10.4. The van der Waals surface area contributed by atoms with Gasteiger partial charge in [0.05, 0.1) is 19.6 Å². The van der Waals surface area contributed by atoms with E-state index in [9.17, 15) is 23.3 Å². The minimum atomic E-state index is -3.76. The van der Waals surface area contributed by atoms with Crippen molar-refractivity contribution in [2.24, 2.45) is 0 Å². The Morgan fingerprint density at radius 1 is 1.26 bits per heavy atom. The van der Waals surface area contributed by atoms with Gasteiger partial charge in [-0.15, -0.1) is 11.3 Å². The third kappa shape index (κ3) is 5.34. The number of thiophene rings is 1. The van der Waals surface area contributed by atoms with Crippen LogP contribution in [0.5, 0.6) is 0 Å². The number of benzene rings is 1. The largest absolute Gasteiger partial charge is 0.347 e. The second-order valence-electron chi connectivity index (χ2n) is 6.96. The van der Waals surface area contributed by atoms with Gasteiger partial charge in [0.1, 0.15) is 0 Å². The molecule has 2 rings (SSSR count). The standard InChI is InChI=1S/C17H21N3O5S2/c1-11-13(20(22)23)9-14(26-11)16(21)18-10-12-7-5-6-8-15(12)27(24,25)19-17(2,3)4/h5-9,19H,10H2,1-4H3,(H,18,21). The summed E-state index contributed by atoms with van der Waals surface area (Å²) in [6.07, 6.45) is 0. The monoisotopic (exact) mass is 411 g/mol. The van der Waals surface area contributed by atoms with Gasteiger partial charge in [0.15, 0.2) is 0 Å². The molecular weight excluding hydrogens is 390 g/mol. The fourth-order valence-corrected chi connectivity index (χ4v) is 4.96. The fourth-order valence-electron chi connectivity index (χ4n) is 2.40. The molecule has 1 amide bonds. The molecule has 0 fully saturated rings. The summed E-state index contributed by atoms with van der Waals surface area (Å²) in [5.74, 6) is -0.493. The van der Waals surface area contributed by atoms with Crippen LogP contribution in [0.25, 0.3) is 0 Å². The number of rotatable bonds is 6. The number of nitro groups is 1. The number of sulfonamides is 1. The topological polar surface area (TPSA) is 118 Å². The zero-order valence-corrected chi connectivity index (χ0v) is 17.0. The molecule has 0 radical (unpaired) electrons. The average molecular weight is 412 g/mol. The lowest BCUT2D eigenvalue weighted by Crippen LogP contribution is -2.41. The van der Waals surface area contributed by atoms with E-state index in [2.05, 4.69) is 10.0 Å². The van der Waals surface area contributed by atoms with Crippen LogP contribution in [0, 0.1) is 17.0 Å². The minimum Gasteiger partial charge on any atom is -0.347 e. The summed E-state index contributed by atoms with van der Waals surface area (Å²) in [5.41, 5.74) is -0.337. The highest BCUT2D eigenvalue weighted by atomic mass is 32.2. The van der Waals surface area contributed by atoms with Crippen LogP contribution in [0.2, 0.25) is 0 Å². The van der Waals surface area contributed by atoms with Gasteiger partial charge in [-0.3, -0.25) is 14.9 Å². The first-order valence-electron chi connectivity index (χ1n) is 8.05. The highest BCUT2D eigenvalue weighted by molar-refractivity contribution is 7.89. The molecule has 8 nitrogen and oxygen atoms in total. The predicted octanol–water partition coefficient (Wildman–Crippen LogP) is 2.97. The molecule has 0 saturated carbocycles. The molecular formula is C17H21N3O5S2. The van der Waals surface area contributed by atoms with E-state index in [1.807, 2.05) is 0 Å². The summed E-state index contributed by atoms with van der Waals surface area (Å²) in [6.45, 7) is 6.76. The molecule has 10 heteroatoms. The van der Waals surface area contributed by atoms with Crippen molar-refractivity contribution >= 4 is 33.0 Å². The van der Waals surface area contributed by atoms with Crippen molar-refractivity contribution in [1.29, 1.82) is 0 Å². The van der Waals surface area contributed by atoms with Crippen LogP contribution in [0.1, 0.15) is 40.9 Å². The summed E-state index contributed by atoms with van der Waals surface area (Å²) in [6, 6.07) is 7.58. The first kappa shape index (κ1) is 21.0. The van der Waals surface area contributed by atoms with E-state index in [1.165, 1.54) is 12.1 Å². The van der Waals surface area contributed by atoms with Gasteiger partial charge in [0.2, 0.25) is 10.0 Å². The highest BCUT2D eigenvalue weighted by Crippen LogP contribution is 2.28. The second-order valence-corrected chi connectivity index (χ2v) is 9.86. The molecule has 0 aliphatic heterocycles. The fraction of sp³-hybridized carbons (Fsp3) is 0.353. The van der Waals surface area contributed by atoms with Crippen LogP contribution in [-0.2, 0) is 16.6 Å². The molecule has 2 N–H and O–H groups in total. The SMILES string of the molecule is Cc1sc(C(=O)NCc2ccccc2S(=O)(=O)NC(C)(C)C)cc1[N+](=O)[O-]. The number of hydrogen-bond acceptors (Lipinski definition) is 6. The van der Waals surface area contributed by atoms with Crippen LogP contribution in [0.4, 0.5) is 5.69 Å². The second kappa shape index (κ2) is 7.75. The quantitative estimate of drug-likeness (QED) is 0.559. The van der Waals surface area contributed by atoms with Crippen molar-refractivity contribution in [3.63, 3.8) is 0 Å². The van der Waals surface area contributed by atoms with Gasteiger partial charge in [0, 0.05) is 18.2 Å². The maximum atomic E-state index is 12.6. The van der Waals surface area contributed by atoms with Gasteiger partial charge >= 0.3 is 0 Å². The van der Waals surface area contributed by atoms with Crippen molar-refractivity contribution in [3.05, 3.63) is 55.8 Å². The Labute approximate surface area is 161 Å². The normalized spacial score (nSPS) is 12.0. The smallest absolute Gasteiger partial charge is 0.283 e. The Bertz CT molecular complexity index is 975. The van der Waals surface area contributed by atoms with Crippen LogP contribution in [-0.4, -0.2) is 24.8 Å². The molecule has 146 valence electrons. The van der Waals surface area contributed by atoms with Crippen molar-refractivity contribution in [3.8, 4) is 0 Å². The van der Waals surface area contributed by atoms with Gasteiger partial charge in [0.25, 0.3) is 11.6 Å². The zero-order valence-electron chi connectivity index (χ0n) is 15.4. The summed E-state index contributed by atoms with van der Waals surface area (Å²) >= 11 is 1.02. The number of nitrogens with zero attached hydrogens (tertiary/aromatic N) is 1. The zero-order chi connectivity index (χ0) is 20.4. The lowest BCUT2D eigenvalue weighted by Gasteiger charge is -2.21. The summed E-state index contributed by atoms with van der Waals surface area (Å²) in [4.78, 5) is 23.4. The number of aryl methyl sites for hydroxylation is 1. The van der Waals surface area contributed by atoms with Crippen LogP contribution in [0.3, 0.4) is 0 Å². The van der Waals surface area contributed by atoms with Gasteiger partial charge in [-0.2, -0.15) is 0 Å². The molecule has 1 aromatic carbocycles. The Morgan fingerprint density at radius 3 is 2.44 bits per heavy atom. The van der Waals surface area contributed by atoms with Crippen LogP contribution >= 0.6 is 11.3 Å². The maximum absolute atomic E-state index is 12.6. The minimum absolute atomic E-state index is 0.0230. The number of amides is 1. The van der Waals surface area contributed by atoms with Gasteiger partial charge < -0.3 is 5.32 Å². The first-order chi connectivity index (χ1) is 12.4. The van der Waals surface area contributed by atoms with Crippen molar-refractivity contribution in [1.82, 2.24) is 10.0 Å². The molecule has 0 aliphatic carbocycles. The van der Waals surface area contributed by atoms with E-state index in [0.29, 0.717) is 10.4 Å². The van der Waals surface area contributed by atoms with Gasteiger partial charge in [-0.05, 0) is 39.3 Å². The van der Waals surface area contributed by atoms with E-state index in [4.69, 9.17) is 0 Å². The lowest BCUT2D eigenvalue weighted by molar-refractivity contribution is -0.385. The molecule has 27 heavy (non-hydrogen) atoms. The van der Waals surface area contributed by atoms with E-state index < -0.39 is 26.4 Å². The Morgan fingerprint density at radius 2 is 1.89 bits per heavy atom. The highest BCUT2D eigenvalue weighted by Gasteiger charge is 2.25. The molecule has 1 heterocycles. The Hall–Kier alpha value is -2.30. The van der Waals surface area contributed by atoms with E-state index >= 15 is 0 Å². The van der Waals surface area contributed by atoms with E-state index in [0.717, 1.165) is 11.3 Å². The van der Waals surface area contributed by atoms with Gasteiger partial charge in [-0.25, -0.2) is 13.1 Å². The Kier molecular flexibility index (Phi) is 6.03. The van der Waals surface area contributed by atoms with Crippen molar-refractivity contribution < 1.29 is 18.1 Å². The summed E-state index contributed by atoms with van der Waals surface area (Å²) in [7, 11) is -3.76. The molecule has 2 aromatic rings. The number of carbonyl (C=O) groups excluding carboxylic acids is 1.